The highest BCUT2D eigenvalue weighted by atomic mass is 16.4. The van der Waals surface area contributed by atoms with Gasteiger partial charge in [0.1, 0.15) is 5.56 Å². The SMILES string of the molecule is O=C(O)c1ccc(NC(=O)c2cc3ccccc3[nH]c2=O)cc1. The maximum absolute atomic E-state index is 12.2. The fourth-order valence-corrected chi connectivity index (χ4v) is 2.21. The lowest BCUT2D eigenvalue weighted by atomic mass is 10.1. The van der Waals surface area contributed by atoms with Crippen LogP contribution in [-0.2, 0) is 0 Å². The van der Waals surface area contributed by atoms with Crippen LogP contribution in [0.3, 0.4) is 0 Å². The molecule has 2 aromatic carbocycles. The van der Waals surface area contributed by atoms with Crippen LogP contribution in [0.2, 0.25) is 0 Å². The molecule has 0 aliphatic carbocycles. The highest BCUT2D eigenvalue weighted by Crippen LogP contribution is 2.13. The fourth-order valence-electron chi connectivity index (χ4n) is 2.21. The molecule has 6 nitrogen and oxygen atoms in total. The summed E-state index contributed by atoms with van der Waals surface area (Å²) in [6.45, 7) is 0. The second kappa shape index (κ2) is 5.76. The first-order valence-electron chi connectivity index (χ1n) is 6.81. The molecule has 114 valence electrons. The summed E-state index contributed by atoms with van der Waals surface area (Å²) in [5.74, 6) is -1.60. The number of carbonyl (C=O) groups excluding carboxylic acids is 1. The van der Waals surface area contributed by atoms with Crippen LogP contribution in [-0.4, -0.2) is 22.0 Å². The molecular formula is C17H12N2O4. The summed E-state index contributed by atoms with van der Waals surface area (Å²) in [6.07, 6.45) is 0. The van der Waals surface area contributed by atoms with E-state index in [1.165, 1.54) is 30.3 Å². The number of para-hydroxylation sites is 1. The second-order valence-electron chi connectivity index (χ2n) is 4.94. The van der Waals surface area contributed by atoms with Crippen LogP contribution in [0, 0.1) is 0 Å². The van der Waals surface area contributed by atoms with Gasteiger partial charge in [-0.25, -0.2) is 4.79 Å². The van der Waals surface area contributed by atoms with E-state index >= 15 is 0 Å². The zero-order valence-corrected chi connectivity index (χ0v) is 11.9. The second-order valence-corrected chi connectivity index (χ2v) is 4.94. The van der Waals surface area contributed by atoms with E-state index in [9.17, 15) is 14.4 Å². The summed E-state index contributed by atoms with van der Waals surface area (Å²) >= 11 is 0. The Balaban J connectivity index is 1.89. The van der Waals surface area contributed by atoms with E-state index in [4.69, 9.17) is 5.11 Å². The molecule has 0 saturated carbocycles. The maximum Gasteiger partial charge on any atom is 0.335 e. The molecule has 0 atom stereocenters. The average Bonchev–Trinajstić information content (AvgIpc) is 2.54. The van der Waals surface area contributed by atoms with Crippen LogP contribution in [0.15, 0.2) is 59.4 Å². The first-order valence-corrected chi connectivity index (χ1v) is 6.81. The molecule has 0 aliphatic heterocycles. The van der Waals surface area contributed by atoms with Crippen molar-refractivity contribution in [2.45, 2.75) is 0 Å². The van der Waals surface area contributed by atoms with Crippen molar-refractivity contribution in [3.05, 3.63) is 76.1 Å². The molecule has 3 rings (SSSR count). The van der Waals surface area contributed by atoms with E-state index in [2.05, 4.69) is 10.3 Å². The quantitative estimate of drug-likeness (QED) is 0.692. The summed E-state index contributed by atoms with van der Waals surface area (Å²) in [4.78, 5) is 37.7. The van der Waals surface area contributed by atoms with Gasteiger partial charge in [-0.2, -0.15) is 0 Å². The number of hydrogen-bond acceptors (Lipinski definition) is 3. The van der Waals surface area contributed by atoms with E-state index in [1.807, 2.05) is 6.07 Å². The number of pyridine rings is 1. The lowest BCUT2D eigenvalue weighted by Gasteiger charge is -2.06. The van der Waals surface area contributed by atoms with Gasteiger partial charge >= 0.3 is 5.97 Å². The summed E-state index contributed by atoms with van der Waals surface area (Å²) in [5.41, 5.74) is 0.688. The largest absolute Gasteiger partial charge is 0.478 e. The van der Waals surface area contributed by atoms with Crippen molar-refractivity contribution >= 4 is 28.5 Å². The first-order chi connectivity index (χ1) is 11.0. The Bertz CT molecular complexity index is 958. The molecule has 1 amide bonds. The van der Waals surface area contributed by atoms with Gasteiger partial charge in [0.05, 0.1) is 5.56 Å². The molecular weight excluding hydrogens is 296 g/mol. The number of carbonyl (C=O) groups is 2. The van der Waals surface area contributed by atoms with E-state index in [0.717, 1.165) is 5.39 Å². The molecule has 23 heavy (non-hydrogen) atoms. The zero-order valence-electron chi connectivity index (χ0n) is 11.9. The smallest absolute Gasteiger partial charge is 0.335 e. The molecule has 1 aromatic heterocycles. The van der Waals surface area contributed by atoms with Crippen LogP contribution in [0.5, 0.6) is 0 Å². The van der Waals surface area contributed by atoms with Crippen molar-refractivity contribution in [2.24, 2.45) is 0 Å². The summed E-state index contributed by atoms with van der Waals surface area (Å²) in [6, 6.07) is 14.4. The Morgan fingerprint density at radius 1 is 1.00 bits per heavy atom. The van der Waals surface area contributed by atoms with Gasteiger partial charge in [-0.15, -0.1) is 0 Å². The number of aromatic carboxylic acids is 1. The molecule has 0 bridgehead atoms. The van der Waals surface area contributed by atoms with E-state index in [1.54, 1.807) is 18.2 Å². The Labute approximate surface area is 130 Å². The van der Waals surface area contributed by atoms with Gasteiger partial charge in [0, 0.05) is 11.2 Å². The fraction of sp³-hybridized carbons (Fsp3) is 0. The Morgan fingerprint density at radius 3 is 2.39 bits per heavy atom. The normalized spacial score (nSPS) is 10.4. The number of aromatic amines is 1. The minimum atomic E-state index is -1.05. The van der Waals surface area contributed by atoms with Crippen LogP contribution < -0.4 is 10.9 Å². The maximum atomic E-state index is 12.2. The molecule has 0 spiro atoms. The lowest BCUT2D eigenvalue weighted by molar-refractivity contribution is 0.0696. The number of carboxylic acid groups (broad SMARTS) is 1. The molecule has 0 radical (unpaired) electrons. The third kappa shape index (κ3) is 2.96. The number of anilines is 1. The van der Waals surface area contributed by atoms with Crippen LogP contribution >= 0.6 is 0 Å². The van der Waals surface area contributed by atoms with E-state index < -0.39 is 17.4 Å². The van der Waals surface area contributed by atoms with Gasteiger partial charge in [0.15, 0.2) is 0 Å². The Morgan fingerprint density at radius 2 is 1.70 bits per heavy atom. The summed E-state index contributed by atoms with van der Waals surface area (Å²) in [5, 5.41) is 12.2. The van der Waals surface area contributed by atoms with Gasteiger partial charge in [-0.3, -0.25) is 9.59 Å². The minimum Gasteiger partial charge on any atom is -0.478 e. The third-order valence-electron chi connectivity index (χ3n) is 3.39. The van der Waals surface area contributed by atoms with Gasteiger partial charge in [-0.1, -0.05) is 18.2 Å². The highest BCUT2D eigenvalue weighted by molar-refractivity contribution is 6.05. The number of nitrogens with one attached hydrogen (secondary N) is 2. The highest BCUT2D eigenvalue weighted by Gasteiger charge is 2.12. The number of aromatic nitrogens is 1. The van der Waals surface area contributed by atoms with Crippen molar-refractivity contribution in [1.29, 1.82) is 0 Å². The van der Waals surface area contributed by atoms with Gasteiger partial charge in [-0.05, 0) is 41.8 Å². The van der Waals surface area contributed by atoms with Crippen molar-refractivity contribution < 1.29 is 14.7 Å². The Kier molecular flexibility index (Phi) is 3.64. The number of hydrogen-bond donors (Lipinski definition) is 3. The van der Waals surface area contributed by atoms with E-state index in [-0.39, 0.29) is 11.1 Å². The van der Waals surface area contributed by atoms with E-state index in [0.29, 0.717) is 11.2 Å². The number of fused-ring (bicyclic) bond motifs is 1. The van der Waals surface area contributed by atoms with Crippen molar-refractivity contribution in [3.8, 4) is 0 Å². The first kappa shape index (κ1) is 14.5. The summed E-state index contributed by atoms with van der Waals surface area (Å²) in [7, 11) is 0. The molecule has 0 aliphatic rings. The van der Waals surface area contributed by atoms with Gasteiger partial charge < -0.3 is 15.4 Å². The van der Waals surface area contributed by atoms with Gasteiger partial charge in [0.2, 0.25) is 0 Å². The predicted molar refractivity (Wildman–Crippen MR) is 85.9 cm³/mol. The topological polar surface area (TPSA) is 99.3 Å². The lowest BCUT2D eigenvalue weighted by Crippen LogP contribution is -2.23. The van der Waals surface area contributed by atoms with Crippen LogP contribution in [0.25, 0.3) is 10.9 Å². The number of carboxylic acids is 1. The summed E-state index contributed by atoms with van der Waals surface area (Å²) < 4.78 is 0. The number of rotatable bonds is 3. The monoisotopic (exact) mass is 308 g/mol. The molecule has 1 heterocycles. The Hall–Kier alpha value is -3.41. The third-order valence-corrected chi connectivity index (χ3v) is 3.39. The molecule has 0 unspecified atom stereocenters. The van der Waals surface area contributed by atoms with Crippen molar-refractivity contribution in [1.82, 2.24) is 4.98 Å². The minimum absolute atomic E-state index is 0.00832. The molecule has 0 saturated heterocycles. The standard InChI is InChI=1S/C17H12N2O4/c20-15(18-12-7-5-10(6-8-12)17(22)23)13-9-11-3-1-2-4-14(11)19-16(13)21/h1-9H,(H,18,20)(H,19,21)(H,22,23). The van der Waals surface area contributed by atoms with Crippen molar-refractivity contribution in [2.75, 3.05) is 5.32 Å². The number of benzene rings is 2. The zero-order chi connectivity index (χ0) is 16.4. The molecule has 3 aromatic rings. The molecule has 3 N–H and O–H groups in total. The van der Waals surface area contributed by atoms with Crippen LogP contribution in [0.4, 0.5) is 5.69 Å². The van der Waals surface area contributed by atoms with Crippen LogP contribution in [0.1, 0.15) is 20.7 Å². The predicted octanol–water partition coefficient (Wildman–Crippen LogP) is 2.48. The molecule has 0 fully saturated rings. The number of H-pyrrole nitrogens is 1. The molecule has 6 heteroatoms. The van der Waals surface area contributed by atoms with Crippen molar-refractivity contribution in [3.63, 3.8) is 0 Å². The number of amides is 1. The van der Waals surface area contributed by atoms with Gasteiger partial charge in [0.25, 0.3) is 11.5 Å². The average molecular weight is 308 g/mol.